The zero-order valence-corrected chi connectivity index (χ0v) is 18.8. The standard InChI is InChI=1S/C20H24N4O5S2/c1-14-7-9-15(10-8-14)31(28,29)23(2)13-18(25)21-22-19(26)16-5-3-11-24(16)20(27)17-6-4-12-30-17/h4,6-10,12,16H,3,5,11,13H2,1-2H3,(H,21,25)(H,22,26). The van der Waals surface area contributed by atoms with Gasteiger partial charge in [0.1, 0.15) is 6.04 Å². The van der Waals surface area contributed by atoms with E-state index in [1.165, 1.54) is 35.4 Å². The summed E-state index contributed by atoms with van der Waals surface area (Å²) in [5, 5.41) is 1.79. The SMILES string of the molecule is Cc1ccc(S(=O)(=O)N(C)CC(=O)NNC(=O)C2CCCN2C(=O)c2cccs2)cc1. The number of aryl methyl sites for hydroxylation is 1. The van der Waals surface area contributed by atoms with Crippen LogP contribution in [0.4, 0.5) is 0 Å². The molecule has 1 saturated heterocycles. The van der Waals surface area contributed by atoms with Gasteiger partial charge >= 0.3 is 0 Å². The summed E-state index contributed by atoms with van der Waals surface area (Å²) in [6, 6.07) is 9.07. The second-order valence-electron chi connectivity index (χ2n) is 7.25. The third-order valence-electron chi connectivity index (χ3n) is 4.97. The van der Waals surface area contributed by atoms with Gasteiger partial charge in [-0.3, -0.25) is 25.2 Å². The first kappa shape index (κ1) is 22.9. The molecule has 1 aromatic carbocycles. The zero-order valence-electron chi connectivity index (χ0n) is 17.2. The third-order valence-corrected chi connectivity index (χ3v) is 7.64. The Labute approximate surface area is 185 Å². The molecule has 0 spiro atoms. The summed E-state index contributed by atoms with van der Waals surface area (Å²) in [5.74, 6) is -1.43. The summed E-state index contributed by atoms with van der Waals surface area (Å²) in [6.07, 6.45) is 1.17. The van der Waals surface area contributed by atoms with Crippen molar-refractivity contribution in [1.29, 1.82) is 0 Å². The molecule has 2 N–H and O–H groups in total. The van der Waals surface area contributed by atoms with Crippen molar-refractivity contribution in [3.8, 4) is 0 Å². The van der Waals surface area contributed by atoms with Crippen molar-refractivity contribution in [2.45, 2.75) is 30.7 Å². The van der Waals surface area contributed by atoms with Gasteiger partial charge in [-0.25, -0.2) is 8.42 Å². The highest BCUT2D eigenvalue weighted by molar-refractivity contribution is 7.89. The Balaban J connectivity index is 1.54. The molecule has 0 saturated carbocycles. The minimum Gasteiger partial charge on any atom is -0.326 e. The average molecular weight is 465 g/mol. The molecule has 2 heterocycles. The Morgan fingerprint density at radius 3 is 2.52 bits per heavy atom. The van der Waals surface area contributed by atoms with Crippen molar-refractivity contribution in [1.82, 2.24) is 20.1 Å². The predicted molar refractivity (Wildman–Crippen MR) is 116 cm³/mol. The molecule has 1 aliphatic rings. The fraction of sp³-hybridized carbons (Fsp3) is 0.350. The molecular formula is C20H24N4O5S2. The molecule has 9 nitrogen and oxygen atoms in total. The molecule has 1 unspecified atom stereocenters. The van der Waals surface area contributed by atoms with Crippen LogP contribution in [0, 0.1) is 6.92 Å². The van der Waals surface area contributed by atoms with Gasteiger partial charge in [0.2, 0.25) is 10.0 Å². The molecule has 1 aliphatic heterocycles. The van der Waals surface area contributed by atoms with E-state index in [1.807, 2.05) is 6.92 Å². The molecule has 0 aliphatic carbocycles. The first-order valence-corrected chi connectivity index (χ1v) is 12.0. The fourth-order valence-corrected chi connectivity index (χ4v) is 5.06. The van der Waals surface area contributed by atoms with Gasteiger partial charge in [-0.1, -0.05) is 23.8 Å². The molecule has 0 bridgehead atoms. The number of nitrogens with zero attached hydrogens (tertiary/aromatic N) is 2. The lowest BCUT2D eigenvalue weighted by Crippen LogP contribution is -2.53. The Morgan fingerprint density at radius 1 is 1.16 bits per heavy atom. The number of hydrazine groups is 1. The number of carbonyl (C=O) groups excluding carboxylic acids is 3. The predicted octanol–water partition coefficient (Wildman–Crippen LogP) is 1.13. The van der Waals surface area contributed by atoms with Crippen molar-refractivity contribution in [2.24, 2.45) is 0 Å². The van der Waals surface area contributed by atoms with Gasteiger partial charge in [0.05, 0.1) is 16.3 Å². The normalized spacial score (nSPS) is 16.4. The molecule has 0 radical (unpaired) electrons. The molecule has 3 rings (SSSR count). The molecule has 1 fully saturated rings. The molecule has 31 heavy (non-hydrogen) atoms. The molecule has 1 aromatic heterocycles. The van der Waals surface area contributed by atoms with Gasteiger partial charge in [-0.05, 0) is 43.3 Å². The monoisotopic (exact) mass is 464 g/mol. The fourth-order valence-electron chi connectivity index (χ4n) is 3.26. The summed E-state index contributed by atoms with van der Waals surface area (Å²) in [4.78, 5) is 39.4. The first-order chi connectivity index (χ1) is 14.7. The number of hydrogen-bond donors (Lipinski definition) is 2. The second-order valence-corrected chi connectivity index (χ2v) is 10.2. The highest BCUT2D eigenvalue weighted by Crippen LogP contribution is 2.22. The van der Waals surface area contributed by atoms with Crippen LogP contribution in [0.25, 0.3) is 0 Å². The largest absolute Gasteiger partial charge is 0.326 e. The van der Waals surface area contributed by atoms with Crippen LogP contribution < -0.4 is 10.9 Å². The average Bonchev–Trinajstić information content (AvgIpc) is 3.44. The number of thiophene rings is 1. The van der Waals surface area contributed by atoms with Gasteiger partial charge < -0.3 is 4.90 Å². The van der Waals surface area contributed by atoms with E-state index in [1.54, 1.807) is 29.6 Å². The lowest BCUT2D eigenvalue weighted by atomic mass is 10.2. The van der Waals surface area contributed by atoms with Crippen molar-refractivity contribution in [2.75, 3.05) is 20.1 Å². The number of hydrogen-bond acceptors (Lipinski definition) is 6. The molecular weight excluding hydrogens is 440 g/mol. The lowest BCUT2D eigenvalue weighted by molar-refractivity contribution is -0.131. The topological polar surface area (TPSA) is 116 Å². The maximum absolute atomic E-state index is 12.6. The first-order valence-electron chi connectivity index (χ1n) is 9.66. The maximum Gasteiger partial charge on any atom is 0.264 e. The van der Waals surface area contributed by atoms with Crippen LogP contribution in [0.15, 0.2) is 46.7 Å². The highest BCUT2D eigenvalue weighted by Gasteiger charge is 2.35. The third kappa shape index (κ3) is 5.30. The van der Waals surface area contributed by atoms with E-state index >= 15 is 0 Å². The van der Waals surface area contributed by atoms with E-state index in [0.29, 0.717) is 24.3 Å². The minimum atomic E-state index is -3.84. The number of rotatable bonds is 6. The summed E-state index contributed by atoms with van der Waals surface area (Å²) >= 11 is 1.30. The maximum atomic E-state index is 12.6. The van der Waals surface area contributed by atoms with Crippen LogP contribution >= 0.6 is 11.3 Å². The van der Waals surface area contributed by atoms with Crippen LogP contribution in [0.5, 0.6) is 0 Å². The number of sulfonamides is 1. The van der Waals surface area contributed by atoms with E-state index in [2.05, 4.69) is 10.9 Å². The molecule has 2 aromatic rings. The Hall–Kier alpha value is -2.76. The zero-order chi connectivity index (χ0) is 22.6. The van der Waals surface area contributed by atoms with Gasteiger partial charge in [-0.15, -0.1) is 11.3 Å². The Kier molecular flexibility index (Phi) is 7.08. The lowest BCUT2D eigenvalue weighted by Gasteiger charge is -2.23. The van der Waals surface area contributed by atoms with Crippen molar-refractivity contribution in [3.63, 3.8) is 0 Å². The number of likely N-dealkylation sites (tertiary alicyclic amines) is 1. The molecule has 166 valence electrons. The summed E-state index contributed by atoms with van der Waals surface area (Å²) in [6.45, 7) is 1.83. The second kappa shape index (κ2) is 9.58. The van der Waals surface area contributed by atoms with Gasteiger partial charge in [-0.2, -0.15) is 4.31 Å². The minimum absolute atomic E-state index is 0.0751. The van der Waals surface area contributed by atoms with Crippen LogP contribution in [-0.2, 0) is 19.6 Å². The van der Waals surface area contributed by atoms with Crippen molar-refractivity contribution in [3.05, 3.63) is 52.2 Å². The number of likely N-dealkylation sites (N-methyl/N-ethyl adjacent to an activating group) is 1. The highest BCUT2D eigenvalue weighted by atomic mass is 32.2. The van der Waals surface area contributed by atoms with Crippen LogP contribution in [0.3, 0.4) is 0 Å². The number of benzene rings is 1. The molecule has 1 atom stereocenters. The van der Waals surface area contributed by atoms with E-state index < -0.39 is 34.4 Å². The van der Waals surface area contributed by atoms with E-state index in [4.69, 9.17) is 0 Å². The number of nitrogens with one attached hydrogen (secondary N) is 2. The molecule has 3 amide bonds. The van der Waals surface area contributed by atoms with Crippen LogP contribution in [0.2, 0.25) is 0 Å². The van der Waals surface area contributed by atoms with Crippen molar-refractivity contribution >= 4 is 39.1 Å². The van der Waals surface area contributed by atoms with E-state index in [0.717, 1.165) is 9.87 Å². The Bertz CT molecular complexity index is 1050. The van der Waals surface area contributed by atoms with Crippen LogP contribution in [-0.4, -0.2) is 61.5 Å². The number of carbonyl (C=O) groups is 3. The number of amides is 3. The van der Waals surface area contributed by atoms with E-state index in [-0.39, 0.29) is 10.8 Å². The summed E-state index contributed by atoms with van der Waals surface area (Å²) in [7, 11) is -2.56. The van der Waals surface area contributed by atoms with Gasteiger partial charge in [0.15, 0.2) is 0 Å². The molecule has 11 heteroatoms. The summed E-state index contributed by atoms with van der Waals surface area (Å²) < 4.78 is 26.0. The quantitative estimate of drug-likeness (QED) is 0.622. The Morgan fingerprint density at radius 2 is 1.87 bits per heavy atom. The van der Waals surface area contributed by atoms with Crippen molar-refractivity contribution < 1.29 is 22.8 Å². The van der Waals surface area contributed by atoms with Gasteiger partial charge in [0, 0.05) is 13.6 Å². The smallest absolute Gasteiger partial charge is 0.264 e. The van der Waals surface area contributed by atoms with Crippen LogP contribution in [0.1, 0.15) is 28.1 Å². The summed E-state index contributed by atoms with van der Waals surface area (Å²) in [5.41, 5.74) is 5.46. The van der Waals surface area contributed by atoms with Gasteiger partial charge in [0.25, 0.3) is 17.7 Å². The van der Waals surface area contributed by atoms with E-state index in [9.17, 15) is 22.8 Å².